The maximum Gasteiger partial charge on any atom is 0.253 e. The Hall–Kier alpha value is -2.60. The Kier molecular flexibility index (Phi) is 7.23. The summed E-state index contributed by atoms with van der Waals surface area (Å²) >= 11 is 5.30. The third kappa shape index (κ3) is 5.16. The molecule has 1 N–H and O–H groups in total. The average Bonchev–Trinajstić information content (AvgIpc) is 2.79. The van der Waals surface area contributed by atoms with Gasteiger partial charge in [0, 0.05) is 21.0 Å². The minimum absolute atomic E-state index is 0.210. The standard InChI is InChI=1S/C23H18ClIN4O3S/c1-14(15-5-7-16(24)8-6-15)28-23(30)18-10-9-17(25)13-21(18)29(33(31)32)20-4-2-3-19-22(20)27-12-11-26-19/h2-14H,1H3,(H,28,30)(H,31,32)/p-1. The lowest BCUT2D eigenvalue weighted by Gasteiger charge is -2.29. The molecular formula is C23H17ClIN4O3S-. The van der Waals surface area contributed by atoms with Gasteiger partial charge in [0.1, 0.15) is 5.52 Å². The molecule has 1 aromatic heterocycles. The fourth-order valence-electron chi connectivity index (χ4n) is 3.41. The van der Waals surface area contributed by atoms with E-state index in [1.165, 1.54) is 12.4 Å². The Morgan fingerprint density at radius 2 is 1.82 bits per heavy atom. The number of halogens is 2. The van der Waals surface area contributed by atoms with Gasteiger partial charge in [-0.3, -0.25) is 23.3 Å². The molecule has 1 amide bonds. The lowest BCUT2D eigenvalue weighted by atomic mass is 10.1. The third-order valence-electron chi connectivity index (χ3n) is 4.99. The highest BCUT2D eigenvalue weighted by Gasteiger charge is 2.23. The number of rotatable bonds is 6. The Bertz CT molecular complexity index is 1350. The normalized spacial score (nSPS) is 12.8. The van der Waals surface area contributed by atoms with Crippen LogP contribution in [0, 0.1) is 3.57 Å². The summed E-state index contributed by atoms with van der Waals surface area (Å²) in [6.45, 7) is 1.84. The van der Waals surface area contributed by atoms with E-state index in [1.807, 2.05) is 19.1 Å². The van der Waals surface area contributed by atoms with E-state index >= 15 is 0 Å². The first-order chi connectivity index (χ1) is 15.8. The number of aromatic nitrogens is 2. The Labute approximate surface area is 211 Å². The number of hydrogen-bond donors (Lipinski definition) is 1. The van der Waals surface area contributed by atoms with Crippen LogP contribution in [0.4, 0.5) is 11.4 Å². The second-order valence-corrected chi connectivity index (χ2v) is 9.60. The molecule has 3 aromatic carbocycles. The number of hydrogen-bond acceptors (Lipinski definition) is 5. The molecule has 10 heteroatoms. The lowest BCUT2D eigenvalue weighted by molar-refractivity contribution is 0.0940. The van der Waals surface area contributed by atoms with Gasteiger partial charge >= 0.3 is 0 Å². The fraction of sp³-hybridized carbons (Fsp3) is 0.0870. The number of anilines is 2. The van der Waals surface area contributed by atoms with Crippen molar-refractivity contribution in [2.75, 3.05) is 4.31 Å². The number of para-hydroxylation sites is 1. The molecule has 2 unspecified atom stereocenters. The molecule has 33 heavy (non-hydrogen) atoms. The van der Waals surface area contributed by atoms with Crippen LogP contribution >= 0.6 is 34.2 Å². The van der Waals surface area contributed by atoms with Crippen molar-refractivity contribution >= 4 is 73.8 Å². The molecule has 2 atom stereocenters. The Balaban J connectivity index is 1.77. The molecule has 1 heterocycles. The molecule has 0 radical (unpaired) electrons. The van der Waals surface area contributed by atoms with E-state index in [0.717, 1.165) is 13.4 Å². The molecule has 7 nitrogen and oxygen atoms in total. The van der Waals surface area contributed by atoms with Crippen molar-refractivity contribution in [3.63, 3.8) is 0 Å². The number of fused-ring (bicyclic) bond motifs is 1. The molecule has 0 spiro atoms. The molecule has 4 rings (SSSR count). The molecular weight excluding hydrogens is 575 g/mol. The van der Waals surface area contributed by atoms with Crippen molar-refractivity contribution in [2.24, 2.45) is 0 Å². The fourth-order valence-corrected chi connectivity index (χ4v) is 4.63. The van der Waals surface area contributed by atoms with E-state index in [4.69, 9.17) is 11.6 Å². The largest absolute Gasteiger partial charge is 0.755 e. The first kappa shape index (κ1) is 23.6. The van der Waals surface area contributed by atoms with Crippen molar-refractivity contribution in [1.82, 2.24) is 15.3 Å². The Morgan fingerprint density at radius 1 is 1.09 bits per heavy atom. The number of amides is 1. The van der Waals surface area contributed by atoms with Crippen molar-refractivity contribution in [1.29, 1.82) is 0 Å². The molecule has 0 aliphatic heterocycles. The zero-order valence-corrected chi connectivity index (χ0v) is 21.0. The quantitative estimate of drug-likeness (QED) is 0.242. The minimum Gasteiger partial charge on any atom is -0.755 e. The summed E-state index contributed by atoms with van der Waals surface area (Å²) in [7, 11) is 0. The molecule has 0 saturated carbocycles. The Morgan fingerprint density at radius 3 is 2.55 bits per heavy atom. The van der Waals surface area contributed by atoms with Crippen molar-refractivity contribution in [3.05, 3.63) is 92.8 Å². The van der Waals surface area contributed by atoms with E-state index in [9.17, 15) is 13.6 Å². The third-order valence-corrected chi connectivity index (χ3v) is 6.60. The van der Waals surface area contributed by atoms with Crippen molar-refractivity contribution in [2.45, 2.75) is 13.0 Å². The topological polar surface area (TPSA) is 98.2 Å². The molecule has 168 valence electrons. The van der Waals surface area contributed by atoms with E-state index in [1.54, 1.807) is 48.5 Å². The predicted molar refractivity (Wildman–Crippen MR) is 137 cm³/mol. The van der Waals surface area contributed by atoms with Gasteiger partial charge in [-0.05, 0) is 77.5 Å². The van der Waals surface area contributed by atoms with Gasteiger partial charge in [-0.15, -0.1) is 0 Å². The highest BCUT2D eigenvalue weighted by atomic mass is 127. The highest BCUT2D eigenvalue weighted by Crippen LogP contribution is 2.35. The zero-order valence-electron chi connectivity index (χ0n) is 17.2. The number of nitrogens with zero attached hydrogens (tertiary/aromatic N) is 3. The maximum absolute atomic E-state index is 13.3. The van der Waals surface area contributed by atoms with Gasteiger partial charge in [-0.1, -0.05) is 29.8 Å². The molecule has 0 fully saturated rings. The van der Waals surface area contributed by atoms with E-state index in [0.29, 0.717) is 21.7 Å². The van der Waals surface area contributed by atoms with Crippen LogP contribution in [0.5, 0.6) is 0 Å². The van der Waals surface area contributed by atoms with Crippen molar-refractivity contribution in [3.8, 4) is 0 Å². The molecule has 4 aromatic rings. The first-order valence-electron chi connectivity index (χ1n) is 9.80. The molecule has 0 saturated heterocycles. The summed E-state index contributed by atoms with van der Waals surface area (Å²) < 4.78 is 26.7. The van der Waals surface area contributed by atoms with Crippen LogP contribution in [0.25, 0.3) is 11.0 Å². The van der Waals surface area contributed by atoms with Crippen molar-refractivity contribution < 1.29 is 13.6 Å². The van der Waals surface area contributed by atoms with Crippen LogP contribution in [0.2, 0.25) is 5.02 Å². The van der Waals surface area contributed by atoms with Gasteiger partial charge in [0.25, 0.3) is 5.91 Å². The lowest BCUT2D eigenvalue weighted by Crippen LogP contribution is -2.29. The second-order valence-electron chi connectivity index (χ2n) is 7.12. The predicted octanol–water partition coefficient (Wildman–Crippen LogP) is 5.31. The second kappa shape index (κ2) is 10.1. The van der Waals surface area contributed by atoms with Gasteiger partial charge in [0.05, 0.1) is 39.8 Å². The summed E-state index contributed by atoms with van der Waals surface area (Å²) in [6.07, 6.45) is 3.03. The van der Waals surface area contributed by atoms with E-state index in [2.05, 4.69) is 37.9 Å². The van der Waals surface area contributed by atoms with E-state index in [-0.39, 0.29) is 17.3 Å². The van der Waals surface area contributed by atoms with Crippen LogP contribution in [-0.4, -0.2) is 24.6 Å². The molecule has 0 aliphatic carbocycles. The van der Waals surface area contributed by atoms with Crippen LogP contribution in [0.15, 0.2) is 73.1 Å². The van der Waals surface area contributed by atoms with Gasteiger partial charge in [-0.25, -0.2) is 0 Å². The summed E-state index contributed by atoms with van der Waals surface area (Å²) in [5, 5.41) is 3.53. The van der Waals surface area contributed by atoms with Gasteiger partial charge in [0.15, 0.2) is 0 Å². The highest BCUT2D eigenvalue weighted by molar-refractivity contribution is 14.1. The summed E-state index contributed by atoms with van der Waals surface area (Å²) in [5.41, 5.74) is 2.54. The zero-order chi connectivity index (χ0) is 23.5. The summed E-state index contributed by atoms with van der Waals surface area (Å²) in [5.74, 6) is -0.411. The number of nitrogens with one attached hydrogen (secondary N) is 1. The van der Waals surface area contributed by atoms with Gasteiger partial charge in [0.2, 0.25) is 0 Å². The summed E-state index contributed by atoms with van der Waals surface area (Å²) in [6, 6.07) is 16.9. The van der Waals surface area contributed by atoms with Crippen LogP contribution in [0.3, 0.4) is 0 Å². The monoisotopic (exact) mass is 591 g/mol. The number of carbonyl (C=O) groups excluding carboxylic acids is 1. The number of benzene rings is 3. The van der Waals surface area contributed by atoms with Gasteiger partial charge in [-0.2, -0.15) is 0 Å². The van der Waals surface area contributed by atoms with Crippen LogP contribution in [0.1, 0.15) is 28.9 Å². The number of carbonyl (C=O) groups is 1. The average molecular weight is 592 g/mol. The molecule has 0 bridgehead atoms. The van der Waals surface area contributed by atoms with Crippen LogP contribution in [-0.2, 0) is 11.3 Å². The smallest absolute Gasteiger partial charge is 0.253 e. The SMILES string of the molecule is CC(NC(=O)c1ccc(I)cc1N(c1cccc2nccnc12)S(=O)[O-])c1ccc(Cl)cc1. The van der Waals surface area contributed by atoms with Gasteiger partial charge < -0.3 is 9.87 Å². The minimum atomic E-state index is -2.73. The van der Waals surface area contributed by atoms with Crippen LogP contribution < -0.4 is 9.62 Å². The summed E-state index contributed by atoms with van der Waals surface area (Å²) in [4.78, 5) is 21.8. The van der Waals surface area contributed by atoms with E-state index < -0.39 is 17.2 Å². The first-order valence-corrected chi connectivity index (χ1v) is 12.3. The maximum atomic E-state index is 13.3. The molecule has 0 aliphatic rings.